The van der Waals surface area contributed by atoms with Gasteiger partial charge in [0.25, 0.3) is 0 Å². The van der Waals surface area contributed by atoms with Gasteiger partial charge in [-0.1, -0.05) is 0 Å². The van der Waals surface area contributed by atoms with Crippen molar-refractivity contribution < 1.29 is 4.79 Å². The Morgan fingerprint density at radius 3 is 3.00 bits per heavy atom. The quantitative estimate of drug-likeness (QED) is 0.787. The lowest BCUT2D eigenvalue weighted by atomic mass is 10.1. The van der Waals surface area contributed by atoms with Crippen molar-refractivity contribution in [3.63, 3.8) is 0 Å². The Morgan fingerprint density at radius 1 is 1.53 bits per heavy atom. The first-order chi connectivity index (χ1) is 7.18. The smallest absolute Gasteiger partial charge is 0.197 e. The van der Waals surface area contributed by atoms with Gasteiger partial charge < -0.3 is 5.73 Å². The van der Waals surface area contributed by atoms with Gasteiger partial charge in [-0.3, -0.25) is 4.79 Å². The number of ketones is 1. The van der Waals surface area contributed by atoms with Crippen molar-refractivity contribution in [2.45, 2.75) is 6.92 Å². The summed E-state index contributed by atoms with van der Waals surface area (Å²) in [5.74, 6) is 0.224. The first-order valence-electron chi connectivity index (χ1n) is 4.47. The molecule has 2 heterocycles. The molecule has 76 valence electrons. The highest BCUT2D eigenvalue weighted by Crippen LogP contribution is 2.17. The number of pyridine rings is 1. The Morgan fingerprint density at radius 2 is 2.33 bits per heavy atom. The number of carbonyl (C=O) groups excluding carboxylic acids is 1. The molecule has 0 aliphatic rings. The predicted octanol–water partition coefficient (Wildman–Crippen LogP) is 2.26. The van der Waals surface area contributed by atoms with E-state index in [0.29, 0.717) is 11.1 Å². The number of hydrogen-bond acceptors (Lipinski definition) is 4. The summed E-state index contributed by atoms with van der Waals surface area (Å²) in [6, 6.07) is 3.55. The summed E-state index contributed by atoms with van der Waals surface area (Å²) >= 11 is 1.49. The summed E-state index contributed by atoms with van der Waals surface area (Å²) in [6.07, 6.45) is 1.65. The van der Waals surface area contributed by atoms with Crippen LogP contribution >= 0.6 is 11.3 Å². The van der Waals surface area contributed by atoms with Crippen molar-refractivity contribution in [1.29, 1.82) is 0 Å². The van der Waals surface area contributed by atoms with Crippen LogP contribution < -0.4 is 5.73 Å². The average molecular weight is 218 g/mol. The minimum absolute atomic E-state index is 0.0649. The van der Waals surface area contributed by atoms with E-state index in [2.05, 4.69) is 4.98 Å². The second kappa shape index (κ2) is 3.82. The number of nitrogens with zero attached hydrogens (tertiary/aromatic N) is 1. The van der Waals surface area contributed by atoms with Gasteiger partial charge in [-0.05, 0) is 30.0 Å². The summed E-state index contributed by atoms with van der Waals surface area (Å²) in [4.78, 5) is 15.9. The van der Waals surface area contributed by atoms with Crippen LogP contribution in [0.2, 0.25) is 0 Å². The lowest BCUT2D eigenvalue weighted by Crippen LogP contribution is -2.06. The van der Waals surface area contributed by atoms with Crippen LogP contribution in [0.5, 0.6) is 0 Å². The van der Waals surface area contributed by atoms with Crippen molar-refractivity contribution >= 4 is 22.9 Å². The Kier molecular flexibility index (Phi) is 2.51. The van der Waals surface area contributed by atoms with Gasteiger partial charge in [0.1, 0.15) is 5.82 Å². The van der Waals surface area contributed by atoms with Crippen LogP contribution in [0.25, 0.3) is 0 Å². The number of aromatic nitrogens is 1. The van der Waals surface area contributed by atoms with Crippen LogP contribution in [0, 0.1) is 6.92 Å². The maximum Gasteiger partial charge on any atom is 0.197 e. The highest BCUT2D eigenvalue weighted by atomic mass is 32.1. The van der Waals surface area contributed by atoms with Crippen molar-refractivity contribution in [3.05, 3.63) is 45.8 Å². The second-order valence-electron chi connectivity index (χ2n) is 3.29. The molecule has 2 aromatic rings. The van der Waals surface area contributed by atoms with E-state index in [-0.39, 0.29) is 11.6 Å². The van der Waals surface area contributed by atoms with Crippen LogP contribution in [-0.2, 0) is 0 Å². The zero-order valence-corrected chi connectivity index (χ0v) is 9.04. The third-order valence-corrected chi connectivity index (χ3v) is 2.77. The molecular weight excluding hydrogens is 208 g/mol. The zero-order chi connectivity index (χ0) is 10.8. The van der Waals surface area contributed by atoms with E-state index in [9.17, 15) is 4.79 Å². The monoisotopic (exact) mass is 218 g/mol. The molecule has 0 amide bonds. The molecule has 0 bridgehead atoms. The summed E-state index contributed by atoms with van der Waals surface area (Å²) in [7, 11) is 0. The number of rotatable bonds is 2. The Hall–Kier alpha value is -1.68. The molecule has 0 saturated carbocycles. The largest absolute Gasteiger partial charge is 0.383 e. The molecule has 4 heteroatoms. The minimum Gasteiger partial charge on any atom is -0.383 e. The number of thiophene rings is 1. The molecule has 0 fully saturated rings. The molecule has 0 atom stereocenters. The van der Waals surface area contributed by atoms with Crippen LogP contribution in [0.1, 0.15) is 21.5 Å². The molecule has 0 aromatic carbocycles. The van der Waals surface area contributed by atoms with Crippen LogP contribution in [0.15, 0.2) is 29.1 Å². The van der Waals surface area contributed by atoms with E-state index in [4.69, 9.17) is 5.73 Å². The lowest BCUT2D eigenvalue weighted by Gasteiger charge is -2.03. The molecule has 2 N–H and O–H groups in total. The van der Waals surface area contributed by atoms with Crippen molar-refractivity contribution in [2.24, 2.45) is 0 Å². The molecule has 0 aliphatic heterocycles. The summed E-state index contributed by atoms with van der Waals surface area (Å²) in [5.41, 5.74) is 7.75. The maximum absolute atomic E-state index is 12.0. The molecule has 0 radical (unpaired) electrons. The molecular formula is C11H10N2OS. The first kappa shape index (κ1) is 9.86. The SMILES string of the molecule is Cc1cnc(N)c(C(=O)c2ccsc2)c1. The number of carbonyl (C=O) groups is 1. The fourth-order valence-electron chi connectivity index (χ4n) is 1.31. The van der Waals surface area contributed by atoms with Crippen molar-refractivity contribution in [3.8, 4) is 0 Å². The highest BCUT2D eigenvalue weighted by molar-refractivity contribution is 7.08. The molecule has 0 unspecified atom stereocenters. The highest BCUT2D eigenvalue weighted by Gasteiger charge is 2.13. The van der Waals surface area contributed by atoms with Gasteiger partial charge in [-0.15, -0.1) is 0 Å². The van der Waals surface area contributed by atoms with Gasteiger partial charge >= 0.3 is 0 Å². The van der Waals surface area contributed by atoms with E-state index in [0.717, 1.165) is 5.56 Å². The Balaban J connectivity index is 2.46. The Labute approximate surface area is 91.6 Å². The summed E-state index contributed by atoms with van der Waals surface area (Å²) in [6.45, 7) is 1.89. The number of nitrogen functional groups attached to an aromatic ring is 1. The molecule has 3 nitrogen and oxygen atoms in total. The van der Waals surface area contributed by atoms with Crippen LogP contribution in [0.3, 0.4) is 0 Å². The lowest BCUT2D eigenvalue weighted by molar-refractivity contribution is 0.103. The third-order valence-electron chi connectivity index (χ3n) is 2.08. The molecule has 0 saturated heterocycles. The standard InChI is InChI=1S/C11H10N2OS/c1-7-4-9(11(12)13-5-7)10(14)8-2-3-15-6-8/h2-6H,1H3,(H2,12,13). The normalized spacial score (nSPS) is 10.2. The minimum atomic E-state index is -0.0649. The van der Waals surface area contributed by atoms with E-state index in [1.807, 2.05) is 17.7 Å². The second-order valence-corrected chi connectivity index (χ2v) is 4.07. The van der Waals surface area contributed by atoms with Gasteiger partial charge in [-0.25, -0.2) is 4.98 Å². The number of hydrogen-bond donors (Lipinski definition) is 1. The van der Waals surface area contributed by atoms with E-state index in [1.165, 1.54) is 11.3 Å². The van der Waals surface area contributed by atoms with Crippen molar-refractivity contribution in [2.75, 3.05) is 5.73 Å². The van der Waals surface area contributed by atoms with Gasteiger partial charge in [-0.2, -0.15) is 11.3 Å². The summed E-state index contributed by atoms with van der Waals surface area (Å²) in [5, 5.41) is 3.68. The van der Waals surface area contributed by atoms with Gasteiger partial charge in [0.05, 0.1) is 5.56 Å². The molecule has 15 heavy (non-hydrogen) atoms. The summed E-state index contributed by atoms with van der Waals surface area (Å²) < 4.78 is 0. The predicted molar refractivity (Wildman–Crippen MR) is 61.1 cm³/mol. The third kappa shape index (κ3) is 1.89. The Bertz CT molecular complexity index is 491. The fraction of sp³-hybridized carbons (Fsp3) is 0.0909. The average Bonchev–Trinajstić information content (AvgIpc) is 2.74. The first-order valence-corrected chi connectivity index (χ1v) is 5.42. The molecule has 0 spiro atoms. The number of nitrogens with two attached hydrogens (primary N) is 1. The van der Waals surface area contributed by atoms with Crippen molar-refractivity contribution in [1.82, 2.24) is 4.98 Å². The molecule has 2 rings (SSSR count). The van der Waals surface area contributed by atoms with E-state index in [1.54, 1.807) is 18.3 Å². The maximum atomic E-state index is 12.0. The number of anilines is 1. The van der Waals surface area contributed by atoms with E-state index >= 15 is 0 Å². The van der Waals surface area contributed by atoms with Crippen LogP contribution in [0.4, 0.5) is 5.82 Å². The van der Waals surface area contributed by atoms with Gasteiger partial charge in [0.15, 0.2) is 5.78 Å². The van der Waals surface area contributed by atoms with Gasteiger partial charge in [0, 0.05) is 17.1 Å². The zero-order valence-electron chi connectivity index (χ0n) is 8.23. The van der Waals surface area contributed by atoms with Gasteiger partial charge in [0.2, 0.25) is 0 Å². The fourth-order valence-corrected chi connectivity index (χ4v) is 1.95. The topological polar surface area (TPSA) is 56.0 Å². The molecule has 0 aliphatic carbocycles. The van der Waals surface area contributed by atoms with E-state index < -0.39 is 0 Å². The van der Waals surface area contributed by atoms with Crippen LogP contribution in [-0.4, -0.2) is 10.8 Å². The molecule has 2 aromatic heterocycles. The number of aryl methyl sites for hydroxylation is 1.